The van der Waals surface area contributed by atoms with Gasteiger partial charge in [-0.25, -0.2) is 15.0 Å². The third kappa shape index (κ3) is 2.53. The summed E-state index contributed by atoms with van der Waals surface area (Å²) in [6.07, 6.45) is 3.17. The minimum atomic E-state index is 0.0132. The fraction of sp³-hybridized carbons (Fsp3) is 0.0714. The van der Waals surface area contributed by atoms with Crippen molar-refractivity contribution in [1.82, 2.24) is 19.9 Å². The highest BCUT2D eigenvalue weighted by molar-refractivity contribution is 6.32. The second-order valence-electron chi connectivity index (χ2n) is 4.57. The number of hydrogen-bond acceptors (Lipinski definition) is 5. The Bertz CT molecular complexity index is 815. The Morgan fingerprint density at radius 1 is 1.19 bits per heavy atom. The highest BCUT2D eigenvalue weighted by Crippen LogP contribution is 2.32. The van der Waals surface area contributed by atoms with Gasteiger partial charge in [-0.3, -0.25) is 0 Å². The summed E-state index contributed by atoms with van der Waals surface area (Å²) in [7, 11) is 0. The van der Waals surface area contributed by atoms with Gasteiger partial charge in [-0.15, -0.1) is 0 Å². The first-order valence-corrected chi connectivity index (χ1v) is 6.56. The Morgan fingerprint density at radius 3 is 2.67 bits per heavy atom. The summed E-state index contributed by atoms with van der Waals surface area (Å²) in [6.45, 7) is 1.90. The van der Waals surface area contributed by atoms with Crippen LogP contribution in [0.1, 0.15) is 5.69 Å². The summed E-state index contributed by atoms with van der Waals surface area (Å²) in [5.74, 6) is 0.887. The van der Waals surface area contributed by atoms with Crippen molar-refractivity contribution >= 4 is 17.4 Å². The van der Waals surface area contributed by atoms with Gasteiger partial charge in [0.1, 0.15) is 17.3 Å². The number of aryl methyl sites for hydroxylation is 1. The van der Waals surface area contributed by atoms with Crippen LogP contribution in [0.5, 0.6) is 5.75 Å². The number of halogens is 1. The third-order valence-corrected chi connectivity index (χ3v) is 3.24. The molecule has 2 aromatic heterocycles. The molecule has 0 radical (unpaired) electrons. The number of nitrogen functional groups attached to an aromatic ring is 1. The predicted molar refractivity (Wildman–Crippen MR) is 80.9 cm³/mol. The van der Waals surface area contributed by atoms with Crippen molar-refractivity contribution in [3.05, 3.63) is 41.3 Å². The second-order valence-corrected chi connectivity index (χ2v) is 4.98. The number of phenols is 1. The summed E-state index contributed by atoms with van der Waals surface area (Å²) >= 11 is 5.95. The Hall–Kier alpha value is -2.60. The van der Waals surface area contributed by atoms with Crippen LogP contribution in [0.2, 0.25) is 5.02 Å². The van der Waals surface area contributed by atoms with Crippen LogP contribution in [0.15, 0.2) is 30.6 Å². The zero-order chi connectivity index (χ0) is 15.0. The standard InChI is InChI=1S/C14H12ClN5O/c1-7-5-18-14(19-7)13-12(17-6-11(16)20-13)8-2-3-10(21)9(15)4-8/h2-6,21H,1H3,(H2,16,20)(H,18,19). The zero-order valence-corrected chi connectivity index (χ0v) is 11.9. The van der Waals surface area contributed by atoms with E-state index in [-0.39, 0.29) is 10.8 Å². The first-order valence-electron chi connectivity index (χ1n) is 6.18. The molecular weight excluding hydrogens is 290 g/mol. The number of H-pyrrole nitrogens is 1. The fourth-order valence-corrected chi connectivity index (χ4v) is 2.15. The first-order chi connectivity index (χ1) is 10.0. The van der Waals surface area contributed by atoms with Gasteiger partial charge < -0.3 is 15.8 Å². The van der Waals surface area contributed by atoms with E-state index in [4.69, 9.17) is 17.3 Å². The quantitative estimate of drug-likeness (QED) is 0.675. The maximum absolute atomic E-state index is 9.52. The van der Waals surface area contributed by atoms with E-state index in [1.54, 1.807) is 18.3 Å². The van der Waals surface area contributed by atoms with Crippen LogP contribution in [0.25, 0.3) is 22.8 Å². The molecule has 7 heteroatoms. The number of hydrogen-bond donors (Lipinski definition) is 3. The lowest BCUT2D eigenvalue weighted by Gasteiger charge is -2.08. The van der Waals surface area contributed by atoms with Gasteiger partial charge in [-0.05, 0) is 25.1 Å². The number of nitrogens with zero attached hydrogens (tertiary/aromatic N) is 3. The Labute approximate surface area is 125 Å². The number of rotatable bonds is 2. The van der Waals surface area contributed by atoms with E-state index in [0.717, 1.165) is 5.69 Å². The molecular formula is C14H12ClN5O. The van der Waals surface area contributed by atoms with Crippen molar-refractivity contribution in [2.45, 2.75) is 6.92 Å². The molecule has 0 amide bonds. The maximum Gasteiger partial charge on any atom is 0.158 e. The van der Waals surface area contributed by atoms with Gasteiger partial charge in [0.25, 0.3) is 0 Å². The molecule has 6 nitrogen and oxygen atoms in total. The highest BCUT2D eigenvalue weighted by Gasteiger charge is 2.15. The van der Waals surface area contributed by atoms with Crippen molar-refractivity contribution in [2.75, 3.05) is 5.73 Å². The molecule has 0 aliphatic carbocycles. The van der Waals surface area contributed by atoms with Gasteiger partial charge >= 0.3 is 0 Å². The van der Waals surface area contributed by atoms with E-state index in [1.165, 1.54) is 12.3 Å². The highest BCUT2D eigenvalue weighted by atomic mass is 35.5. The lowest BCUT2D eigenvalue weighted by atomic mass is 10.1. The average Bonchev–Trinajstić information content (AvgIpc) is 2.88. The molecule has 0 spiro atoms. The van der Waals surface area contributed by atoms with Crippen LogP contribution < -0.4 is 5.73 Å². The fourth-order valence-electron chi connectivity index (χ4n) is 1.97. The van der Waals surface area contributed by atoms with E-state index in [0.29, 0.717) is 28.6 Å². The molecule has 106 valence electrons. The third-order valence-electron chi connectivity index (χ3n) is 2.94. The number of aromatic hydroxyl groups is 1. The molecule has 3 aromatic rings. The minimum absolute atomic E-state index is 0.0132. The monoisotopic (exact) mass is 301 g/mol. The molecule has 0 atom stereocenters. The molecule has 0 aliphatic heterocycles. The summed E-state index contributed by atoms with van der Waals surface area (Å²) in [6, 6.07) is 4.84. The van der Waals surface area contributed by atoms with Crippen molar-refractivity contribution in [3.63, 3.8) is 0 Å². The molecule has 1 aromatic carbocycles. The number of nitrogens with one attached hydrogen (secondary N) is 1. The number of anilines is 1. The Kier molecular flexibility index (Phi) is 3.23. The molecule has 0 saturated carbocycles. The first kappa shape index (κ1) is 13.4. The average molecular weight is 302 g/mol. The van der Waals surface area contributed by atoms with Gasteiger partial charge in [-0.2, -0.15) is 0 Å². The van der Waals surface area contributed by atoms with Crippen molar-refractivity contribution in [3.8, 4) is 28.5 Å². The van der Waals surface area contributed by atoms with Gasteiger partial charge in [0.15, 0.2) is 5.82 Å². The van der Waals surface area contributed by atoms with Gasteiger partial charge in [0.05, 0.1) is 16.9 Å². The lowest BCUT2D eigenvalue weighted by molar-refractivity contribution is 0.475. The summed E-state index contributed by atoms with van der Waals surface area (Å²) < 4.78 is 0. The molecule has 4 N–H and O–H groups in total. The number of benzene rings is 1. The van der Waals surface area contributed by atoms with E-state index in [9.17, 15) is 5.11 Å². The molecule has 0 saturated heterocycles. The van der Waals surface area contributed by atoms with Gasteiger partial charge in [0, 0.05) is 17.5 Å². The van der Waals surface area contributed by atoms with Crippen LogP contribution in [-0.4, -0.2) is 25.0 Å². The zero-order valence-electron chi connectivity index (χ0n) is 11.1. The number of nitrogens with two attached hydrogens (primary N) is 1. The normalized spacial score (nSPS) is 10.8. The summed E-state index contributed by atoms with van der Waals surface area (Å²) in [5.41, 5.74) is 8.46. The molecule has 2 heterocycles. The molecule has 0 aliphatic rings. The van der Waals surface area contributed by atoms with Crippen LogP contribution in [0.3, 0.4) is 0 Å². The summed E-state index contributed by atoms with van der Waals surface area (Å²) in [5, 5.41) is 9.76. The minimum Gasteiger partial charge on any atom is -0.506 e. The van der Waals surface area contributed by atoms with Crippen molar-refractivity contribution < 1.29 is 5.11 Å². The topological polar surface area (TPSA) is 101 Å². The van der Waals surface area contributed by atoms with E-state index in [2.05, 4.69) is 19.9 Å². The second kappa shape index (κ2) is 5.06. The van der Waals surface area contributed by atoms with Crippen molar-refractivity contribution in [2.24, 2.45) is 0 Å². The van der Waals surface area contributed by atoms with Crippen LogP contribution in [0, 0.1) is 6.92 Å². The van der Waals surface area contributed by atoms with Crippen LogP contribution in [0.4, 0.5) is 5.82 Å². The Morgan fingerprint density at radius 2 is 2.00 bits per heavy atom. The van der Waals surface area contributed by atoms with Crippen molar-refractivity contribution in [1.29, 1.82) is 0 Å². The van der Waals surface area contributed by atoms with Crippen LogP contribution in [-0.2, 0) is 0 Å². The molecule has 0 fully saturated rings. The van der Waals surface area contributed by atoms with Gasteiger partial charge in [-0.1, -0.05) is 11.6 Å². The Balaban J connectivity index is 2.20. The molecule has 21 heavy (non-hydrogen) atoms. The van der Waals surface area contributed by atoms with E-state index < -0.39 is 0 Å². The van der Waals surface area contributed by atoms with Crippen LogP contribution >= 0.6 is 11.6 Å². The number of aromatic nitrogens is 4. The van der Waals surface area contributed by atoms with E-state index >= 15 is 0 Å². The lowest BCUT2D eigenvalue weighted by Crippen LogP contribution is -1.99. The molecule has 3 rings (SSSR count). The smallest absolute Gasteiger partial charge is 0.158 e. The molecule has 0 bridgehead atoms. The maximum atomic E-state index is 9.52. The summed E-state index contributed by atoms with van der Waals surface area (Å²) in [4.78, 5) is 16.0. The molecule has 0 unspecified atom stereocenters. The van der Waals surface area contributed by atoms with Gasteiger partial charge in [0.2, 0.25) is 0 Å². The van der Waals surface area contributed by atoms with E-state index in [1.807, 2.05) is 6.92 Å². The number of aromatic amines is 1. The SMILES string of the molecule is Cc1cnc(-c2nc(N)cnc2-c2ccc(O)c(Cl)c2)[nH]1. The predicted octanol–water partition coefficient (Wildman–Crippen LogP) is 2.78. The number of imidazole rings is 1. The number of phenolic OH excluding ortho intramolecular Hbond substituents is 1. The largest absolute Gasteiger partial charge is 0.506 e.